The van der Waals surface area contributed by atoms with E-state index < -0.39 is 0 Å². The number of nitrogens with zero attached hydrogens (tertiary/aromatic N) is 2. The fraction of sp³-hybridized carbons (Fsp3) is 0.273. The van der Waals surface area contributed by atoms with Gasteiger partial charge in [-0.3, -0.25) is 4.79 Å². The standard InChI is InChI=1S/C11H11ClN2O/c1-14(11(15)6-7-12)10-5-3-2-4-9(10)8-13/h2-5H,6-7H2,1H3. The molecule has 0 fully saturated rings. The molecule has 0 saturated heterocycles. The van der Waals surface area contributed by atoms with Crippen molar-refractivity contribution >= 4 is 23.2 Å². The number of anilines is 1. The molecule has 0 aliphatic carbocycles. The molecular weight excluding hydrogens is 212 g/mol. The van der Waals surface area contributed by atoms with Crippen LogP contribution < -0.4 is 4.90 Å². The molecule has 1 aromatic rings. The van der Waals surface area contributed by atoms with Gasteiger partial charge in [0.2, 0.25) is 5.91 Å². The van der Waals surface area contributed by atoms with E-state index in [9.17, 15) is 4.79 Å². The Balaban J connectivity index is 2.96. The predicted octanol–water partition coefficient (Wildman–Crippen LogP) is 2.15. The first-order chi connectivity index (χ1) is 7.20. The second kappa shape index (κ2) is 5.38. The molecule has 1 rings (SSSR count). The van der Waals surface area contributed by atoms with Gasteiger partial charge in [-0.05, 0) is 12.1 Å². The van der Waals surface area contributed by atoms with Gasteiger partial charge in [-0.1, -0.05) is 12.1 Å². The topological polar surface area (TPSA) is 44.1 Å². The summed E-state index contributed by atoms with van der Waals surface area (Å²) in [6, 6.07) is 9.03. The first-order valence-corrected chi connectivity index (χ1v) is 5.05. The summed E-state index contributed by atoms with van der Waals surface area (Å²) in [6.45, 7) is 0. The van der Waals surface area contributed by atoms with Crippen LogP contribution in [0.25, 0.3) is 0 Å². The van der Waals surface area contributed by atoms with Gasteiger partial charge in [0.1, 0.15) is 6.07 Å². The maximum atomic E-state index is 11.5. The van der Waals surface area contributed by atoms with Gasteiger partial charge in [0.05, 0.1) is 11.3 Å². The molecule has 0 bridgehead atoms. The molecule has 0 spiro atoms. The van der Waals surface area contributed by atoms with Crippen molar-refractivity contribution in [1.29, 1.82) is 5.26 Å². The molecule has 4 heteroatoms. The lowest BCUT2D eigenvalue weighted by Crippen LogP contribution is -2.26. The Labute approximate surface area is 93.9 Å². The van der Waals surface area contributed by atoms with Gasteiger partial charge in [-0.25, -0.2) is 0 Å². The number of benzene rings is 1. The predicted molar refractivity (Wildman–Crippen MR) is 59.9 cm³/mol. The van der Waals surface area contributed by atoms with E-state index in [1.165, 1.54) is 4.90 Å². The number of para-hydroxylation sites is 1. The van der Waals surface area contributed by atoms with Gasteiger partial charge in [-0.2, -0.15) is 5.26 Å². The zero-order valence-corrected chi connectivity index (χ0v) is 9.16. The lowest BCUT2D eigenvalue weighted by atomic mass is 10.2. The minimum absolute atomic E-state index is 0.0901. The molecule has 15 heavy (non-hydrogen) atoms. The van der Waals surface area contributed by atoms with Crippen molar-refractivity contribution < 1.29 is 4.79 Å². The van der Waals surface area contributed by atoms with Crippen LogP contribution in [0.4, 0.5) is 5.69 Å². The Morgan fingerprint density at radius 2 is 2.20 bits per heavy atom. The number of alkyl halides is 1. The van der Waals surface area contributed by atoms with Gasteiger partial charge >= 0.3 is 0 Å². The normalized spacial score (nSPS) is 9.40. The van der Waals surface area contributed by atoms with E-state index >= 15 is 0 Å². The van der Waals surface area contributed by atoms with Crippen LogP contribution in [0, 0.1) is 11.3 Å². The smallest absolute Gasteiger partial charge is 0.227 e. The number of amides is 1. The van der Waals surface area contributed by atoms with Gasteiger partial charge in [0, 0.05) is 19.3 Å². The van der Waals surface area contributed by atoms with Crippen molar-refractivity contribution in [3.8, 4) is 6.07 Å². The second-order valence-electron chi connectivity index (χ2n) is 3.02. The van der Waals surface area contributed by atoms with Gasteiger partial charge in [0.25, 0.3) is 0 Å². The van der Waals surface area contributed by atoms with Crippen molar-refractivity contribution in [3.63, 3.8) is 0 Å². The molecule has 0 radical (unpaired) electrons. The lowest BCUT2D eigenvalue weighted by molar-refractivity contribution is -0.117. The SMILES string of the molecule is CN(C(=O)CCCl)c1ccccc1C#N. The van der Waals surface area contributed by atoms with E-state index in [-0.39, 0.29) is 18.2 Å². The van der Waals surface area contributed by atoms with Crippen molar-refractivity contribution in [3.05, 3.63) is 29.8 Å². The summed E-state index contributed by atoms with van der Waals surface area (Å²) in [5.74, 6) is 0.199. The third kappa shape index (κ3) is 2.71. The number of rotatable bonds is 3. The van der Waals surface area contributed by atoms with E-state index in [2.05, 4.69) is 0 Å². The summed E-state index contributed by atoms with van der Waals surface area (Å²) in [7, 11) is 1.64. The van der Waals surface area contributed by atoms with Crippen LogP contribution in [0.2, 0.25) is 0 Å². The zero-order valence-electron chi connectivity index (χ0n) is 8.40. The average Bonchev–Trinajstić information content (AvgIpc) is 2.28. The fourth-order valence-corrected chi connectivity index (χ4v) is 1.41. The average molecular weight is 223 g/mol. The number of hydrogen-bond donors (Lipinski definition) is 0. The third-order valence-electron chi connectivity index (χ3n) is 2.07. The van der Waals surface area contributed by atoms with Gasteiger partial charge in [-0.15, -0.1) is 11.6 Å². The first kappa shape index (κ1) is 11.5. The van der Waals surface area contributed by atoms with Gasteiger partial charge in [0.15, 0.2) is 0 Å². The van der Waals surface area contributed by atoms with Crippen LogP contribution in [-0.2, 0) is 4.79 Å². The minimum atomic E-state index is -0.0901. The lowest BCUT2D eigenvalue weighted by Gasteiger charge is -2.17. The highest BCUT2D eigenvalue weighted by molar-refractivity contribution is 6.19. The molecule has 1 amide bonds. The Morgan fingerprint density at radius 3 is 2.80 bits per heavy atom. The monoisotopic (exact) mass is 222 g/mol. The highest BCUT2D eigenvalue weighted by Gasteiger charge is 2.12. The van der Waals surface area contributed by atoms with Gasteiger partial charge < -0.3 is 4.90 Å². The maximum absolute atomic E-state index is 11.5. The van der Waals surface area contributed by atoms with E-state index in [1.54, 1.807) is 31.3 Å². The third-order valence-corrected chi connectivity index (χ3v) is 2.26. The number of carbonyl (C=O) groups excluding carboxylic acids is 1. The van der Waals surface area contributed by atoms with Crippen molar-refractivity contribution in [2.45, 2.75) is 6.42 Å². The van der Waals surface area contributed by atoms with Crippen LogP contribution in [0.15, 0.2) is 24.3 Å². The summed E-state index contributed by atoms with van der Waals surface area (Å²) in [5.41, 5.74) is 1.11. The fourth-order valence-electron chi connectivity index (χ4n) is 1.24. The first-order valence-electron chi connectivity index (χ1n) is 4.52. The Hall–Kier alpha value is -1.53. The van der Waals surface area contributed by atoms with Crippen LogP contribution in [0.5, 0.6) is 0 Å². The van der Waals surface area contributed by atoms with Crippen molar-refractivity contribution in [2.24, 2.45) is 0 Å². The molecule has 78 valence electrons. The molecule has 0 aromatic heterocycles. The number of carbonyl (C=O) groups is 1. The summed E-state index contributed by atoms with van der Waals surface area (Å²) < 4.78 is 0. The molecular formula is C11H11ClN2O. The van der Waals surface area contributed by atoms with E-state index in [4.69, 9.17) is 16.9 Å². The molecule has 3 nitrogen and oxygen atoms in total. The maximum Gasteiger partial charge on any atom is 0.227 e. The molecule has 0 N–H and O–H groups in total. The van der Waals surface area contributed by atoms with E-state index in [1.807, 2.05) is 6.07 Å². The molecule has 0 atom stereocenters. The van der Waals surface area contributed by atoms with E-state index in [0.29, 0.717) is 11.3 Å². The summed E-state index contributed by atoms with van der Waals surface area (Å²) >= 11 is 5.49. The van der Waals surface area contributed by atoms with Crippen LogP contribution in [0.3, 0.4) is 0 Å². The summed E-state index contributed by atoms with van der Waals surface area (Å²) in [5, 5.41) is 8.86. The van der Waals surface area contributed by atoms with Crippen molar-refractivity contribution in [1.82, 2.24) is 0 Å². The molecule has 0 saturated carbocycles. The molecule has 0 heterocycles. The summed E-state index contributed by atoms with van der Waals surface area (Å²) in [4.78, 5) is 13.0. The second-order valence-corrected chi connectivity index (χ2v) is 3.40. The number of halogens is 1. The quantitative estimate of drug-likeness (QED) is 0.736. The molecule has 0 aliphatic heterocycles. The highest BCUT2D eigenvalue weighted by Crippen LogP contribution is 2.18. The molecule has 0 unspecified atom stereocenters. The van der Waals surface area contributed by atoms with Crippen LogP contribution >= 0.6 is 11.6 Å². The van der Waals surface area contributed by atoms with Crippen molar-refractivity contribution in [2.75, 3.05) is 17.8 Å². The largest absolute Gasteiger partial charge is 0.314 e. The van der Waals surface area contributed by atoms with Crippen LogP contribution in [0.1, 0.15) is 12.0 Å². The minimum Gasteiger partial charge on any atom is -0.314 e. The zero-order chi connectivity index (χ0) is 11.3. The number of nitriles is 1. The summed E-state index contributed by atoms with van der Waals surface area (Å²) in [6.07, 6.45) is 0.276. The highest BCUT2D eigenvalue weighted by atomic mass is 35.5. The molecule has 1 aromatic carbocycles. The van der Waals surface area contributed by atoms with Crippen LogP contribution in [-0.4, -0.2) is 18.8 Å². The Bertz CT molecular complexity index is 398. The Kier molecular flexibility index (Phi) is 4.14. The van der Waals surface area contributed by atoms with E-state index in [0.717, 1.165) is 0 Å². The Morgan fingerprint density at radius 1 is 1.53 bits per heavy atom. The molecule has 0 aliphatic rings. The number of hydrogen-bond acceptors (Lipinski definition) is 2.